The van der Waals surface area contributed by atoms with Crippen LogP contribution in [0.4, 0.5) is 0 Å². The lowest BCUT2D eigenvalue weighted by molar-refractivity contribution is -0.123. The number of rotatable bonds is 13. The van der Waals surface area contributed by atoms with Gasteiger partial charge in [-0.15, -0.1) is 0 Å². The highest BCUT2D eigenvalue weighted by molar-refractivity contribution is 9.10. The lowest BCUT2D eigenvalue weighted by atomic mass is 10.2. The molecule has 0 aromatic heterocycles. The number of halogens is 1. The van der Waals surface area contributed by atoms with Crippen LogP contribution in [-0.4, -0.2) is 50.7 Å². The fraction of sp³-hybridized carbons (Fsp3) is 0.435. The van der Waals surface area contributed by atoms with Gasteiger partial charge in [0, 0.05) is 30.7 Å². The largest absolute Gasteiger partial charge is 0.493 e. The van der Waals surface area contributed by atoms with Crippen LogP contribution < -0.4 is 20.1 Å². The van der Waals surface area contributed by atoms with Gasteiger partial charge >= 0.3 is 0 Å². The Bertz CT molecular complexity index is 783. The van der Waals surface area contributed by atoms with Crippen molar-refractivity contribution in [2.75, 3.05) is 39.9 Å². The van der Waals surface area contributed by atoms with E-state index >= 15 is 0 Å². The van der Waals surface area contributed by atoms with Gasteiger partial charge in [-0.05, 0) is 36.3 Å². The van der Waals surface area contributed by atoms with Crippen molar-refractivity contribution >= 4 is 21.8 Å². The van der Waals surface area contributed by atoms with Crippen molar-refractivity contribution in [3.63, 3.8) is 0 Å². The Morgan fingerprint density at radius 2 is 1.80 bits per heavy atom. The highest BCUT2D eigenvalue weighted by atomic mass is 79.9. The Hall–Kier alpha value is -2.09. The summed E-state index contributed by atoms with van der Waals surface area (Å²) in [5.41, 5.74) is 2.12. The zero-order chi connectivity index (χ0) is 21.8. The molecule has 0 saturated heterocycles. The molecule has 0 aliphatic heterocycles. The molecule has 7 heteroatoms. The smallest absolute Gasteiger partial charge is 0.258 e. The first-order valence-corrected chi connectivity index (χ1v) is 11.1. The van der Waals surface area contributed by atoms with Crippen LogP contribution >= 0.6 is 15.9 Å². The van der Waals surface area contributed by atoms with E-state index in [2.05, 4.69) is 45.3 Å². The highest BCUT2D eigenvalue weighted by Gasteiger charge is 2.12. The summed E-state index contributed by atoms with van der Waals surface area (Å²) in [6.45, 7) is 9.50. The minimum atomic E-state index is -0.181. The maximum atomic E-state index is 12.1. The number of benzene rings is 2. The lowest BCUT2D eigenvalue weighted by Gasteiger charge is -2.18. The summed E-state index contributed by atoms with van der Waals surface area (Å²) in [5.74, 6) is 0.958. The zero-order valence-corrected chi connectivity index (χ0v) is 19.6. The molecule has 0 aliphatic rings. The molecule has 0 bridgehead atoms. The fourth-order valence-corrected chi connectivity index (χ4v) is 3.44. The molecule has 0 unspecified atom stereocenters. The molecule has 0 fully saturated rings. The van der Waals surface area contributed by atoms with Crippen LogP contribution in [0.1, 0.15) is 25.0 Å². The second kappa shape index (κ2) is 13.3. The van der Waals surface area contributed by atoms with E-state index < -0.39 is 0 Å². The van der Waals surface area contributed by atoms with Crippen molar-refractivity contribution in [3.8, 4) is 11.5 Å². The SMILES string of the molecule is CCN(CC)CCNCc1cc(OC)c(OCC(=O)NCc2ccccc2)cc1Br. The first-order chi connectivity index (χ1) is 14.6. The third-order valence-electron chi connectivity index (χ3n) is 4.84. The molecule has 2 aromatic rings. The molecular weight excluding hydrogens is 446 g/mol. The van der Waals surface area contributed by atoms with Crippen LogP contribution in [0.5, 0.6) is 11.5 Å². The Morgan fingerprint density at radius 1 is 1.07 bits per heavy atom. The monoisotopic (exact) mass is 477 g/mol. The molecule has 0 spiro atoms. The summed E-state index contributed by atoms with van der Waals surface area (Å²) in [6.07, 6.45) is 0. The number of carbonyl (C=O) groups excluding carboxylic acids is 1. The van der Waals surface area contributed by atoms with E-state index in [4.69, 9.17) is 9.47 Å². The van der Waals surface area contributed by atoms with Gasteiger partial charge in [0.15, 0.2) is 18.1 Å². The van der Waals surface area contributed by atoms with E-state index in [0.29, 0.717) is 18.0 Å². The Balaban J connectivity index is 1.86. The van der Waals surface area contributed by atoms with E-state index in [1.54, 1.807) is 7.11 Å². The average Bonchev–Trinajstić information content (AvgIpc) is 2.78. The molecule has 1 amide bonds. The minimum absolute atomic E-state index is 0.0723. The number of hydrogen-bond donors (Lipinski definition) is 2. The van der Waals surface area contributed by atoms with E-state index in [1.165, 1.54) is 0 Å². The molecule has 164 valence electrons. The quantitative estimate of drug-likeness (QED) is 0.431. The van der Waals surface area contributed by atoms with Crippen LogP contribution in [0.3, 0.4) is 0 Å². The van der Waals surface area contributed by atoms with Gasteiger partial charge in [-0.25, -0.2) is 0 Å². The van der Waals surface area contributed by atoms with Gasteiger partial charge in [-0.2, -0.15) is 0 Å². The highest BCUT2D eigenvalue weighted by Crippen LogP contribution is 2.33. The van der Waals surface area contributed by atoms with Gasteiger partial charge in [0.25, 0.3) is 5.91 Å². The number of amides is 1. The summed E-state index contributed by atoms with van der Waals surface area (Å²) >= 11 is 3.60. The first kappa shape index (κ1) is 24.2. The predicted molar refractivity (Wildman–Crippen MR) is 124 cm³/mol. The van der Waals surface area contributed by atoms with E-state index in [9.17, 15) is 4.79 Å². The minimum Gasteiger partial charge on any atom is -0.493 e. The number of likely N-dealkylation sites (N-methyl/N-ethyl adjacent to an activating group) is 1. The number of methoxy groups -OCH3 is 1. The molecule has 0 saturated carbocycles. The van der Waals surface area contributed by atoms with Gasteiger partial charge in [-0.3, -0.25) is 4.79 Å². The Morgan fingerprint density at radius 3 is 2.47 bits per heavy atom. The van der Waals surface area contributed by atoms with Crippen molar-refractivity contribution in [3.05, 3.63) is 58.1 Å². The average molecular weight is 478 g/mol. The fourth-order valence-electron chi connectivity index (χ4n) is 2.98. The third kappa shape index (κ3) is 7.97. The Kier molecular flexibility index (Phi) is 10.7. The van der Waals surface area contributed by atoms with Crippen LogP contribution in [0, 0.1) is 0 Å². The molecule has 2 N–H and O–H groups in total. The molecule has 0 aliphatic carbocycles. The van der Waals surface area contributed by atoms with Crippen LogP contribution in [0.2, 0.25) is 0 Å². The van der Waals surface area contributed by atoms with Gasteiger partial charge in [-0.1, -0.05) is 60.1 Å². The summed E-state index contributed by atoms with van der Waals surface area (Å²) in [4.78, 5) is 14.5. The van der Waals surface area contributed by atoms with Gasteiger partial charge in [0.05, 0.1) is 7.11 Å². The number of ether oxygens (including phenoxy) is 2. The maximum Gasteiger partial charge on any atom is 0.258 e. The second-order valence-corrected chi connectivity index (χ2v) is 7.70. The normalized spacial score (nSPS) is 10.8. The second-order valence-electron chi connectivity index (χ2n) is 6.85. The lowest BCUT2D eigenvalue weighted by Crippen LogP contribution is -2.31. The summed E-state index contributed by atoms with van der Waals surface area (Å²) in [7, 11) is 1.60. The number of carbonyl (C=O) groups is 1. The zero-order valence-electron chi connectivity index (χ0n) is 18.0. The van der Waals surface area contributed by atoms with Crippen molar-refractivity contribution < 1.29 is 14.3 Å². The van der Waals surface area contributed by atoms with E-state index in [1.807, 2.05) is 42.5 Å². The van der Waals surface area contributed by atoms with Crippen LogP contribution in [-0.2, 0) is 17.9 Å². The van der Waals surface area contributed by atoms with Gasteiger partial charge in [0.2, 0.25) is 0 Å². The Labute approximate surface area is 188 Å². The van der Waals surface area contributed by atoms with Crippen molar-refractivity contribution in [1.82, 2.24) is 15.5 Å². The van der Waals surface area contributed by atoms with E-state index in [0.717, 1.165) is 48.3 Å². The molecule has 30 heavy (non-hydrogen) atoms. The summed E-state index contributed by atoms with van der Waals surface area (Å²) < 4.78 is 12.1. The first-order valence-electron chi connectivity index (χ1n) is 10.3. The molecule has 0 heterocycles. The van der Waals surface area contributed by atoms with Crippen molar-refractivity contribution in [2.24, 2.45) is 0 Å². The summed E-state index contributed by atoms with van der Waals surface area (Å²) in [6, 6.07) is 13.6. The third-order valence-corrected chi connectivity index (χ3v) is 5.58. The number of nitrogens with one attached hydrogen (secondary N) is 2. The standard InChI is InChI=1S/C23H32BrN3O3/c1-4-27(5-2)12-11-25-16-19-13-21(29-3)22(14-20(19)24)30-17-23(28)26-15-18-9-7-6-8-10-18/h6-10,13-14,25H,4-5,11-12,15-17H2,1-3H3,(H,26,28). The number of hydrogen-bond acceptors (Lipinski definition) is 5. The molecular formula is C23H32BrN3O3. The maximum absolute atomic E-state index is 12.1. The predicted octanol–water partition coefficient (Wildman–Crippen LogP) is 3.58. The van der Waals surface area contributed by atoms with E-state index in [-0.39, 0.29) is 12.5 Å². The van der Waals surface area contributed by atoms with Crippen molar-refractivity contribution in [2.45, 2.75) is 26.9 Å². The molecule has 0 atom stereocenters. The van der Waals surface area contributed by atoms with Crippen LogP contribution in [0.15, 0.2) is 46.9 Å². The molecule has 2 aromatic carbocycles. The van der Waals surface area contributed by atoms with Crippen LogP contribution in [0.25, 0.3) is 0 Å². The van der Waals surface area contributed by atoms with Gasteiger partial charge in [0.1, 0.15) is 0 Å². The molecule has 6 nitrogen and oxygen atoms in total. The topological polar surface area (TPSA) is 62.8 Å². The van der Waals surface area contributed by atoms with Crippen molar-refractivity contribution in [1.29, 1.82) is 0 Å². The van der Waals surface area contributed by atoms with Gasteiger partial charge < -0.3 is 25.0 Å². The molecule has 0 radical (unpaired) electrons. The molecule has 2 rings (SSSR count). The summed E-state index contributed by atoms with van der Waals surface area (Å²) in [5, 5.41) is 6.32. The number of nitrogens with zero attached hydrogens (tertiary/aromatic N) is 1.